The molecule has 0 rings (SSSR count). The molecule has 0 aromatic carbocycles. The van der Waals surface area contributed by atoms with Gasteiger partial charge < -0.3 is 9.88 Å². The highest BCUT2D eigenvalue weighted by atomic mass is 16.5. The predicted molar refractivity (Wildman–Crippen MR) is 21.1 cm³/mol. The maximum Gasteiger partial charge on any atom is 0.380 e. The van der Waals surface area contributed by atoms with Crippen LogP contribution in [0.15, 0.2) is 0 Å². The Morgan fingerprint density at radius 2 is 2.33 bits per heavy atom. The average Bonchev–Trinajstić information content (AvgIpc) is 1.65. The quantitative estimate of drug-likeness (QED) is 0.375. The minimum Gasteiger partial charge on any atom is -0.529 e. The van der Waals surface area contributed by atoms with Crippen molar-refractivity contribution >= 4 is 22.1 Å². The molecule has 4 radical (unpaired) electrons. The first-order chi connectivity index (χ1) is 2.81. The fourth-order valence-corrected chi connectivity index (χ4v) is 0.0340. The van der Waals surface area contributed by atoms with E-state index in [2.05, 4.69) is 20.7 Å². The van der Waals surface area contributed by atoms with Crippen LogP contribution in [-0.4, -0.2) is 22.1 Å². The fraction of sp³-hybridized carbons (Fsp3) is 0. The Bertz CT molecular complexity index is 49.5. The van der Waals surface area contributed by atoms with Crippen LogP contribution >= 0.6 is 0 Å². The summed E-state index contributed by atoms with van der Waals surface area (Å²) >= 11 is 0. The highest BCUT2D eigenvalue weighted by Crippen LogP contribution is 1.60. The topological polar surface area (TPSA) is 38.3 Å². The van der Waals surface area contributed by atoms with E-state index in [0.29, 0.717) is 0 Å². The molecule has 0 spiro atoms. The van der Waals surface area contributed by atoms with Crippen LogP contribution in [0.4, 0.5) is 4.79 Å². The zero-order valence-electron chi connectivity index (χ0n) is 2.97. The third-order valence-electron chi connectivity index (χ3n) is 0.225. The van der Waals surface area contributed by atoms with E-state index in [9.17, 15) is 4.79 Å². The molecule has 5 heteroatoms. The molecule has 0 saturated carbocycles. The molecule has 0 aliphatic carbocycles. The minimum atomic E-state index is -0.852. The van der Waals surface area contributed by atoms with Gasteiger partial charge in [0.2, 0.25) is 7.98 Å². The zero-order chi connectivity index (χ0) is 4.99. The lowest BCUT2D eigenvalue weighted by Gasteiger charge is -1.91. The standard InChI is InChI=1S/CHB2NO2/c2-4-1(5)6-3/h(H,4,5). The summed E-state index contributed by atoms with van der Waals surface area (Å²) in [6.45, 7) is 0. The lowest BCUT2D eigenvalue weighted by atomic mass is 10.4. The molecule has 28 valence electrons. The summed E-state index contributed by atoms with van der Waals surface area (Å²) in [4.78, 5) is 9.60. The molecule has 0 unspecified atom stereocenters. The van der Waals surface area contributed by atoms with Crippen molar-refractivity contribution in [2.75, 3.05) is 0 Å². The first-order valence-corrected chi connectivity index (χ1v) is 1.18. The number of carbonyl (C=O) groups excluding carboxylic acids is 1. The summed E-state index contributed by atoms with van der Waals surface area (Å²) in [6, 6.07) is 0. The molecular formula is CHB2NO2. The van der Waals surface area contributed by atoms with Crippen LogP contribution in [0.3, 0.4) is 0 Å². The van der Waals surface area contributed by atoms with Crippen LogP contribution < -0.4 is 5.23 Å². The van der Waals surface area contributed by atoms with Gasteiger partial charge >= 0.3 is 14.1 Å². The summed E-state index contributed by atoms with van der Waals surface area (Å²) in [5.74, 6) is 0. The molecule has 0 atom stereocenters. The molecule has 0 aliphatic heterocycles. The van der Waals surface area contributed by atoms with Crippen molar-refractivity contribution in [1.29, 1.82) is 0 Å². The van der Waals surface area contributed by atoms with Crippen molar-refractivity contribution in [3.8, 4) is 0 Å². The number of amides is 1. The van der Waals surface area contributed by atoms with Crippen molar-refractivity contribution in [1.82, 2.24) is 5.23 Å². The first kappa shape index (κ1) is 5.40. The average molecular weight is 80.6 g/mol. The number of carbonyl (C=O) groups is 1. The van der Waals surface area contributed by atoms with Crippen molar-refractivity contribution in [3.05, 3.63) is 0 Å². The molecule has 0 fully saturated rings. The lowest BCUT2D eigenvalue weighted by Crippen LogP contribution is -2.19. The zero-order valence-corrected chi connectivity index (χ0v) is 2.97. The van der Waals surface area contributed by atoms with E-state index < -0.39 is 6.09 Å². The van der Waals surface area contributed by atoms with E-state index in [0.717, 1.165) is 0 Å². The van der Waals surface area contributed by atoms with Crippen LogP contribution in [0.1, 0.15) is 0 Å². The summed E-state index contributed by atoms with van der Waals surface area (Å²) in [5, 5.41) is 1.63. The Hall–Kier alpha value is -0.600. The molecule has 0 aliphatic rings. The molecule has 0 bridgehead atoms. The second-order valence-electron chi connectivity index (χ2n) is 0.550. The molecule has 1 amide bonds. The van der Waals surface area contributed by atoms with Crippen LogP contribution in [0.25, 0.3) is 0 Å². The van der Waals surface area contributed by atoms with Gasteiger partial charge in [-0.2, -0.15) is 0 Å². The second kappa shape index (κ2) is 2.63. The molecule has 6 heavy (non-hydrogen) atoms. The highest BCUT2D eigenvalue weighted by molar-refractivity contribution is 6.16. The maximum atomic E-state index is 9.60. The van der Waals surface area contributed by atoms with Gasteiger partial charge in [0.1, 0.15) is 0 Å². The Morgan fingerprint density at radius 3 is 2.33 bits per heavy atom. The lowest BCUT2D eigenvalue weighted by molar-refractivity contribution is 0.211. The van der Waals surface area contributed by atoms with Gasteiger partial charge in [0.05, 0.1) is 0 Å². The maximum absolute atomic E-state index is 9.60. The van der Waals surface area contributed by atoms with Crippen molar-refractivity contribution < 1.29 is 9.45 Å². The summed E-state index contributed by atoms with van der Waals surface area (Å²) in [7, 11) is 8.77. The molecule has 0 aromatic heterocycles. The largest absolute Gasteiger partial charge is 0.529 e. The van der Waals surface area contributed by atoms with Crippen molar-refractivity contribution in [3.63, 3.8) is 0 Å². The van der Waals surface area contributed by atoms with Gasteiger partial charge in [0.25, 0.3) is 0 Å². The highest BCUT2D eigenvalue weighted by Gasteiger charge is 1.84. The number of hydrogen-bond donors (Lipinski definition) is 1. The number of rotatable bonds is 0. The van der Waals surface area contributed by atoms with E-state index >= 15 is 0 Å². The predicted octanol–water partition coefficient (Wildman–Crippen LogP) is -1.12. The Balaban J connectivity index is 2.99. The Morgan fingerprint density at radius 1 is 1.83 bits per heavy atom. The van der Waals surface area contributed by atoms with Crippen LogP contribution in [0.2, 0.25) is 0 Å². The normalized spacial score (nSPS) is 6.67. The third kappa shape index (κ3) is 1.69. The van der Waals surface area contributed by atoms with E-state index in [4.69, 9.17) is 0 Å². The van der Waals surface area contributed by atoms with Crippen molar-refractivity contribution in [2.24, 2.45) is 0 Å². The first-order valence-electron chi connectivity index (χ1n) is 1.18. The number of hydrogen-bond acceptors (Lipinski definition) is 2. The van der Waals surface area contributed by atoms with Gasteiger partial charge in [-0.25, -0.2) is 4.79 Å². The second-order valence-corrected chi connectivity index (χ2v) is 0.550. The summed E-state index contributed by atoms with van der Waals surface area (Å²) in [6.07, 6.45) is -0.852. The van der Waals surface area contributed by atoms with Gasteiger partial charge in [-0.05, 0) is 0 Å². The monoisotopic (exact) mass is 81.0 g/mol. The fourth-order valence-electron chi connectivity index (χ4n) is 0.0340. The van der Waals surface area contributed by atoms with Gasteiger partial charge in [-0.1, -0.05) is 0 Å². The Labute approximate surface area is 37.9 Å². The molecule has 3 nitrogen and oxygen atoms in total. The minimum absolute atomic E-state index is 0.852. The molecule has 1 N–H and O–H groups in total. The van der Waals surface area contributed by atoms with Crippen molar-refractivity contribution in [2.45, 2.75) is 0 Å². The van der Waals surface area contributed by atoms with Gasteiger partial charge in [0.15, 0.2) is 0 Å². The third-order valence-corrected chi connectivity index (χ3v) is 0.225. The van der Waals surface area contributed by atoms with E-state index in [1.54, 1.807) is 5.23 Å². The van der Waals surface area contributed by atoms with Crippen LogP contribution in [0, 0.1) is 0 Å². The number of nitrogens with one attached hydrogen (secondary N) is 1. The van der Waals surface area contributed by atoms with Gasteiger partial charge in [-0.3, -0.25) is 0 Å². The summed E-state index contributed by atoms with van der Waals surface area (Å²) < 4.78 is 3.52. The Kier molecular flexibility index (Phi) is 2.36. The van der Waals surface area contributed by atoms with Crippen LogP contribution in [-0.2, 0) is 4.65 Å². The van der Waals surface area contributed by atoms with E-state index in [1.807, 2.05) is 0 Å². The smallest absolute Gasteiger partial charge is 0.380 e. The molecule has 0 saturated heterocycles. The molecule has 0 aromatic rings. The van der Waals surface area contributed by atoms with E-state index in [1.165, 1.54) is 0 Å². The molecular weight excluding hydrogens is 79.6 g/mol. The van der Waals surface area contributed by atoms with Gasteiger partial charge in [-0.15, -0.1) is 0 Å². The summed E-state index contributed by atoms with van der Waals surface area (Å²) in [5.41, 5.74) is 0. The molecule has 0 heterocycles. The van der Waals surface area contributed by atoms with Crippen LogP contribution in [0.5, 0.6) is 0 Å². The van der Waals surface area contributed by atoms with E-state index in [-0.39, 0.29) is 0 Å². The van der Waals surface area contributed by atoms with Gasteiger partial charge in [0, 0.05) is 0 Å². The SMILES string of the molecule is [B]NC(=O)O[B].